The van der Waals surface area contributed by atoms with Crippen molar-refractivity contribution in [1.82, 2.24) is 10.6 Å². The number of hydrogen-bond donors (Lipinski definition) is 3. The number of amides is 2. The van der Waals surface area contributed by atoms with Crippen molar-refractivity contribution in [1.29, 1.82) is 0 Å². The van der Waals surface area contributed by atoms with Gasteiger partial charge in [-0.2, -0.15) is 0 Å². The molecular weight excluding hydrogens is 463 g/mol. The van der Waals surface area contributed by atoms with Crippen molar-refractivity contribution in [3.63, 3.8) is 0 Å². The maximum atomic E-state index is 12.2. The molecule has 0 radical (unpaired) electrons. The Bertz CT molecular complexity index is 843. The Hall–Kier alpha value is -2.33. The van der Waals surface area contributed by atoms with E-state index < -0.39 is 18.6 Å². The average molecular weight is 482 g/mol. The van der Waals surface area contributed by atoms with Crippen LogP contribution in [0.5, 0.6) is 11.5 Å². The van der Waals surface area contributed by atoms with Gasteiger partial charge in [0, 0.05) is 10.1 Å². The Labute approximate surface area is 170 Å². The highest BCUT2D eigenvalue weighted by atomic mass is 127. The van der Waals surface area contributed by atoms with Crippen LogP contribution in [0, 0.1) is 3.57 Å². The first-order chi connectivity index (χ1) is 13.0. The first-order valence-corrected chi connectivity index (χ1v) is 9.44. The molecule has 1 aliphatic heterocycles. The predicted octanol–water partition coefficient (Wildman–Crippen LogP) is 1.36. The van der Waals surface area contributed by atoms with Gasteiger partial charge in [0.05, 0.1) is 13.0 Å². The number of halogens is 1. The zero-order chi connectivity index (χ0) is 19.2. The summed E-state index contributed by atoms with van der Waals surface area (Å²) in [6, 6.07) is 11.9. The number of carbonyl (C=O) groups excluding carboxylic acids is 2. The van der Waals surface area contributed by atoms with E-state index in [2.05, 4.69) is 33.2 Å². The van der Waals surface area contributed by atoms with Gasteiger partial charge in [0.2, 0.25) is 18.6 Å². The van der Waals surface area contributed by atoms with Gasteiger partial charge in [0.15, 0.2) is 11.5 Å². The van der Waals surface area contributed by atoms with Crippen molar-refractivity contribution in [3.05, 3.63) is 57.2 Å². The van der Waals surface area contributed by atoms with Crippen molar-refractivity contribution in [3.8, 4) is 11.5 Å². The standard InChI is InChI=1S/C19H19IN2O5/c20-14-3-1-2-13(6-14)9-21-19(25)15(10-23)22-18(24)8-12-4-5-16-17(7-12)27-11-26-16/h1-7,15,23H,8-11H2,(H,21,25)(H,22,24)/t15-/m0/s1. The molecule has 7 nitrogen and oxygen atoms in total. The third kappa shape index (κ3) is 5.33. The summed E-state index contributed by atoms with van der Waals surface area (Å²) >= 11 is 2.19. The number of rotatable bonds is 7. The van der Waals surface area contributed by atoms with Crippen molar-refractivity contribution in [2.75, 3.05) is 13.4 Å². The van der Waals surface area contributed by atoms with Crippen LogP contribution in [0.15, 0.2) is 42.5 Å². The third-order valence-electron chi connectivity index (χ3n) is 3.99. The van der Waals surface area contributed by atoms with Crippen molar-refractivity contribution < 1.29 is 24.2 Å². The monoisotopic (exact) mass is 482 g/mol. The Morgan fingerprint density at radius 3 is 2.70 bits per heavy atom. The molecule has 0 saturated carbocycles. The van der Waals surface area contributed by atoms with Crippen LogP contribution in [0.1, 0.15) is 11.1 Å². The molecule has 0 bridgehead atoms. The van der Waals surface area contributed by atoms with Gasteiger partial charge in [-0.3, -0.25) is 9.59 Å². The SMILES string of the molecule is O=C(Cc1ccc2c(c1)OCO2)N[C@@H](CO)C(=O)NCc1cccc(I)c1. The molecule has 0 fully saturated rings. The first kappa shape index (κ1) is 19.4. The fourth-order valence-corrected chi connectivity index (χ4v) is 3.24. The van der Waals surface area contributed by atoms with Crippen LogP contribution >= 0.6 is 22.6 Å². The second-order valence-corrected chi connectivity index (χ2v) is 7.26. The van der Waals surface area contributed by atoms with Crippen molar-refractivity contribution in [2.45, 2.75) is 19.0 Å². The van der Waals surface area contributed by atoms with Gasteiger partial charge in [-0.1, -0.05) is 18.2 Å². The molecule has 8 heteroatoms. The molecule has 2 amide bonds. The van der Waals surface area contributed by atoms with E-state index in [1.807, 2.05) is 24.3 Å². The molecule has 27 heavy (non-hydrogen) atoms. The van der Waals surface area contributed by atoms with E-state index in [-0.39, 0.29) is 19.1 Å². The highest BCUT2D eigenvalue weighted by Crippen LogP contribution is 2.32. The van der Waals surface area contributed by atoms with Crippen molar-refractivity contribution >= 4 is 34.4 Å². The van der Waals surface area contributed by atoms with Crippen LogP contribution in [0.25, 0.3) is 0 Å². The summed E-state index contributed by atoms with van der Waals surface area (Å²) < 4.78 is 11.6. The summed E-state index contributed by atoms with van der Waals surface area (Å²) in [5, 5.41) is 14.7. The molecule has 0 unspecified atom stereocenters. The zero-order valence-corrected chi connectivity index (χ0v) is 16.6. The molecule has 0 aliphatic carbocycles. The van der Waals surface area contributed by atoms with Gasteiger partial charge in [0.25, 0.3) is 0 Å². The fourth-order valence-electron chi connectivity index (χ4n) is 2.64. The fraction of sp³-hybridized carbons (Fsp3) is 0.263. The molecule has 0 spiro atoms. The smallest absolute Gasteiger partial charge is 0.245 e. The van der Waals surface area contributed by atoms with Crippen LogP contribution < -0.4 is 20.1 Å². The van der Waals surface area contributed by atoms with E-state index in [9.17, 15) is 14.7 Å². The molecule has 1 atom stereocenters. The minimum absolute atomic E-state index is 0.0668. The van der Waals surface area contributed by atoms with Crippen LogP contribution in [0.2, 0.25) is 0 Å². The molecular formula is C19H19IN2O5. The lowest BCUT2D eigenvalue weighted by Gasteiger charge is -2.16. The number of ether oxygens (including phenoxy) is 2. The lowest BCUT2D eigenvalue weighted by Crippen LogP contribution is -2.49. The quantitative estimate of drug-likeness (QED) is 0.518. The summed E-state index contributed by atoms with van der Waals surface area (Å²) in [6.45, 7) is 0.00739. The molecule has 0 saturated heterocycles. The molecule has 1 aliphatic rings. The summed E-state index contributed by atoms with van der Waals surface area (Å²) in [6.07, 6.45) is 0.0668. The summed E-state index contributed by atoms with van der Waals surface area (Å²) in [7, 11) is 0. The highest BCUT2D eigenvalue weighted by molar-refractivity contribution is 14.1. The second-order valence-electron chi connectivity index (χ2n) is 6.01. The predicted molar refractivity (Wildman–Crippen MR) is 106 cm³/mol. The Kier molecular flexibility index (Phi) is 6.51. The maximum absolute atomic E-state index is 12.2. The molecule has 0 aromatic heterocycles. The highest BCUT2D eigenvalue weighted by Gasteiger charge is 2.20. The third-order valence-corrected chi connectivity index (χ3v) is 4.66. The van der Waals surface area contributed by atoms with Crippen LogP contribution in [-0.4, -0.2) is 36.4 Å². The molecule has 2 aromatic rings. The molecule has 142 valence electrons. The molecule has 3 N–H and O–H groups in total. The molecule has 1 heterocycles. The van der Waals surface area contributed by atoms with E-state index >= 15 is 0 Å². The van der Waals surface area contributed by atoms with E-state index in [0.29, 0.717) is 18.0 Å². The minimum Gasteiger partial charge on any atom is -0.454 e. The van der Waals surface area contributed by atoms with Crippen molar-refractivity contribution in [2.24, 2.45) is 0 Å². The van der Waals surface area contributed by atoms with Crippen LogP contribution in [-0.2, 0) is 22.6 Å². The number of aliphatic hydroxyl groups is 1. The van der Waals surface area contributed by atoms with Gasteiger partial charge in [0.1, 0.15) is 6.04 Å². The average Bonchev–Trinajstić information content (AvgIpc) is 3.12. The largest absolute Gasteiger partial charge is 0.454 e. The summed E-state index contributed by atoms with van der Waals surface area (Å²) in [5.74, 6) is 0.435. The Morgan fingerprint density at radius 2 is 1.93 bits per heavy atom. The van der Waals surface area contributed by atoms with Gasteiger partial charge < -0.3 is 25.2 Å². The maximum Gasteiger partial charge on any atom is 0.245 e. The number of aliphatic hydroxyl groups excluding tert-OH is 1. The van der Waals surface area contributed by atoms with E-state index in [1.54, 1.807) is 18.2 Å². The number of carbonyl (C=O) groups is 2. The van der Waals surface area contributed by atoms with Gasteiger partial charge in [-0.15, -0.1) is 0 Å². The molecule has 2 aromatic carbocycles. The van der Waals surface area contributed by atoms with E-state index in [1.165, 1.54) is 0 Å². The first-order valence-electron chi connectivity index (χ1n) is 8.36. The minimum atomic E-state index is -1.01. The topological polar surface area (TPSA) is 96.9 Å². The normalized spacial score (nSPS) is 13.1. The second kappa shape index (κ2) is 9.05. The van der Waals surface area contributed by atoms with Crippen LogP contribution in [0.4, 0.5) is 0 Å². The van der Waals surface area contributed by atoms with E-state index in [0.717, 1.165) is 14.7 Å². The molecule has 3 rings (SSSR count). The van der Waals surface area contributed by atoms with E-state index in [4.69, 9.17) is 9.47 Å². The Morgan fingerprint density at radius 1 is 1.11 bits per heavy atom. The lowest BCUT2D eigenvalue weighted by atomic mass is 10.1. The number of benzene rings is 2. The number of fused-ring (bicyclic) bond motifs is 1. The summed E-state index contributed by atoms with van der Waals surface area (Å²) in [4.78, 5) is 24.5. The number of hydrogen-bond acceptors (Lipinski definition) is 5. The number of nitrogens with one attached hydrogen (secondary N) is 2. The van der Waals surface area contributed by atoms with Crippen LogP contribution in [0.3, 0.4) is 0 Å². The zero-order valence-electron chi connectivity index (χ0n) is 14.4. The lowest BCUT2D eigenvalue weighted by molar-refractivity contribution is -0.129. The van der Waals surface area contributed by atoms with Gasteiger partial charge in [-0.25, -0.2) is 0 Å². The Balaban J connectivity index is 1.52. The summed E-state index contributed by atoms with van der Waals surface area (Å²) in [5.41, 5.74) is 1.67. The van der Waals surface area contributed by atoms with Gasteiger partial charge >= 0.3 is 0 Å². The van der Waals surface area contributed by atoms with Gasteiger partial charge in [-0.05, 0) is 58.0 Å².